The molecule has 1 amide bonds. The first-order valence-corrected chi connectivity index (χ1v) is 9.61. The van der Waals surface area contributed by atoms with Crippen LogP contribution in [-0.4, -0.2) is 61.8 Å². The van der Waals surface area contributed by atoms with Gasteiger partial charge in [-0.25, -0.2) is 4.79 Å². The number of thioether (sulfide) groups is 1. The van der Waals surface area contributed by atoms with Gasteiger partial charge in [-0.3, -0.25) is 4.79 Å². The number of hydrogen-bond donors (Lipinski definition) is 0. The van der Waals surface area contributed by atoms with Gasteiger partial charge in [-0.15, -0.1) is 22.0 Å². The molecule has 1 unspecified atom stereocenters. The van der Waals surface area contributed by atoms with Crippen LogP contribution in [0.5, 0.6) is 0 Å². The van der Waals surface area contributed by atoms with Crippen molar-refractivity contribution in [2.75, 3.05) is 19.4 Å². The van der Waals surface area contributed by atoms with E-state index < -0.39 is 11.3 Å². The minimum atomic E-state index is -0.598. The average molecular weight is 408 g/mol. The monoisotopic (exact) mass is 407 g/mol. The number of hydrogen-bond acceptors (Lipinski definition) is 7. The molecule has 3 rings (SSSR count). The van der Waals surface area contributed by atoms with Crippen molar-refractivity contribution >= 4 is 41.3 Å². The molecule has 1 aromatic carbocycles. The van der Waals surface area contributed by atoms with Crippen LogP contribution in [0.2, 0.25) is 5.02 Å². The van der Waals surface area contributed by atoms with E-state index in [1.807, 2.05) is 6.07 Å². The van der Waals surface area contributed by atoms with Crippen LogP contribution in [0, 0.1) is 6.92 Å². The third-order valence-electron chi connectivity index (χ3n) is 3.95. The first-order chi connectivity index (χ1) is 13.0. The molecule has 8 nitrogen and oxygen atoms in total. The zero-order valence-corrected chi connectivity index (χ0v) is 16.4. The molecular weight excluding hydrogens is 390 g/mol. The highest BCUT2D eigenvalue weighted by Crippen LogP contribution is 2.25. The molecule has 0 radical (unpaired) electrons. The van der Waals surface area contributed by atoms with Crippen molar-refractivity contribution in [2.24, 2.45) is 0 Å². The van der Waals surface area contributed by atoms with E-state index in [1.165, 1.54) is 34.6 Å². The standard InChI is InChI=1S/C17H18ClN5O3S/c1-11-19-21-23(20-11)10-13-9-14(18)5-3-12(13)4-6-15(24)22-7-8-27-16(22)17(25)26-2/h3-6,9,16H,7-8,10H2,1-2H3/b6-4+. The lowest BCUT2D eigenvalue weighted by molar-refractivity contribution is -0.146. The lowest BCUT2D eigenvalue weighted by atomic mass is 10.1. The molecule has 0 spiro atoms. The van der Waals surface area contributed by atoms with Crippen LogP contribution in [0.25, 0.3) is 6.08 Å². The second-order valence-electron chi connectivity index (χ2n) is 5.82. The number of benzene rings is 1. The number of esters is 1. The lowest BCUT2D eigenvalue weighted by Crippen LogP contribution is -2.39. The van der Waals surface area contributed by atoms with Crippen LogP contribution in [0.1, 0.15) is 17.0 Å². The van der Waals surface area contributed by atoms with Crippen molar-refractivity contribution in [3.8, 4) is 0 Å². The van der Waals surface area contributed by atoms with Crippen LogP contribution >= 0.6 is 23.4 Å². The number of amides is 1. The molecule has 142 valence electrons. The van der Waals surface area contributed by atoms with E-state index in [2.05, 4.69) is 15.4 Å². The molecule has 2 aromatic rings. The van der Waals surface area contributed by atoms with E-state index in [9.17, 15) is 9.59 Å². The van der Waals surface area contributed by atoms with Gasteiger partial charge in [0.05, 0.1) is 13.7 Å². The number of aromatic nitrogens is 4. The van der Waals surface area contributed by atoms with Crippen LogP contribution in [-0.2, 0) is 20.9 Å². The quantitative estimate of drug-likeness (QED) is 0.551. The first kappa shape index (κ1) is 19.4. The molecule has 0 aliphatic carbocycles. The van der Waals surface area contributed by atoms with Gasteiger partial charge < -0.3 is 9.64 Å². The van der Waals surface area contributed by atoms with Gasteiger partial charge in [0.2, 0.25) is 5.91 Å². The highest BCUT2D eigenvalue weighted by Gasteiger charge is 2.34. The summed E-state index contributed by atoms with van der Waals surface area (Å²) < 4.78 is 4.76. The summed E-state index contributed by atoms with van der Waals surface area (Å²) in [5.74, 6) is 0.609. The zero-order chi connectivity index (χ0) is 19.4. The third kappa shape index (κ3) is 4.67. The Kier molecular flexibility index (Phi) is 6.12. The fourth-order valence-corrected chi connectivity index (χ4v) is 4.01. The van der Waals surface area contributed by atoms with E-state index in [-0.39, 0.29) is 5.91 Å². The van der Waals surface area contributed by atoms with Crippen molar-refractivity contribution < 1.29 is 14.3 Å². The van der Waals surface area contributed by atoms with Crippen LogP contribution in [0.3, 0.4) is 0 Å². The predicted octanol–water partition coefficient (Wildman–Crippen LogP) is 1.77. The summed E-state index contributed by atoms with van der Waals surface area (Å²) in [6.07, 6.45) is 3.16. The predicted molar refractivity (Wildman–Crippen MR) is 102 cm³/mol. The largest absolute Gasteiger partial charge is 0.467 e. The first-order valence-electron chi connectivity index (χ1n) is 8.19. The second kappa shape index (κ2) is 8.53. The van der Waals surface area contributed by atoms with Crippen molar-refractivity contribution in [1.29, 1.82) is 0 Å². The fraction of sp³-hybridized carbons (Fsp3) is 0.353. The number of rotatable bonds is 5. The average Bonchev–Trinajstić information content (AvgIpc) is 3.29. The summed E-state index contributed by atoms with van der Waals surface area (Å²) in [7, 11) is 1.32. The SMILES string of the molecule is COC(=O)C1SCCN1C(=O)/C=C/c1ccc(Cl)cc1Cn1nnc(C)n1. The van der Waals surface area contributed by atoms with Crippen molar-refractivity contribution in [2.45, 2.75) is 18.8 Å². The highest BCUT2D eigenvalue weighted by molar-refractivity contribution is 8.00. The molecule has 27 heavy (non-hydrogen) atoms. The number of methoxy groups -OCH3 is 1. The van der Waals surface area contributed by atoms with Gasteiger partial charge in [0.15, 0.2) is 11.2 Å². The van der Waals surface area contributed by atoms with Gasteiger partial charge in [0.25, 0.3) is 0 Å². The topological polar surface area (TPSA) is 90.2 Å². The Hall–Kier alpha value is -2.39. The van der Waals surface area contributed by atoms with Crippen molar-refractivity contribution in [1.82, 2.24) is 25.1 Å². The highest BCUT2D eigenvalue weighted by atomic mass is 35.5. The Morgan fingerprint density at radius 2 is 2.26 bits per heavy atom. The van der Waals surface area contributed by atoms with Gasteiger partial charge in [-0.2, -0.15) is 4.80 Å². The minimum Gasteiger partial charge on any atom is -0.467 e. The summed E-state index contributed by atoms with van der Waals surface area (Å²) in [6, 6.07) is 5.37. The Bertz CT molecular complexity index is 885. The number of carbonyl (C=O) groups is 2. The molecule has 1 aliphatic rings. The number of halogens is 1. The molecular formula is C17H18ClN5O3S. The van der Waals surface area contributed by atoms with E-state index in [1.54, 1.807) is 25.1 Å². The number of carbonyl (C=O) groups excluding carboxylic acids is 2. The third-order valence-corrected chi connectivity index (χ3v) is 5.37. The van der Waals surface area contributed by atoms with Gasteiger partial charge >= 0.3 is 5.97 Å². The van der Waals surface area contributed by atoms with Gasteiger partial charge in [0, 0.05) is 23.4 Å². The molecule has 1 saturated heterocycles. The number of aryl methyl sites for hydroxylation is 1. The van der Waals surface area contributed by atoms with Crippen molar-refractivity contribution in [3.63, 3.8) is 0 Å². The summed E-state index contributed by atoms with van der Waals surface area (Å²) >= 11 is 7.50. The molecule has 0 bridgehead atoms. The smallest absolute Gasteiger partial charge is 0.339 e. The minimum absolute atomic E-state index is 0.244. The van der Waals surface area contributed by atoms with E-state index in [0.29, 0.717) is 29.7 Å². The second-order valence-corrected chi connectivity index (χ2v) is 7.45. The Morgan fingerprint density at radius 1 is 1.44 bits per heavy atom. The van der Waals surface area contributed by atoms with Crippen LogP contribution in [0.4, 0.5) is 0 Å². The van der Waals surface area contributed by atoms with E-state index >= 15 is 0 Å². The lowest BCUT2D eigenvalue weighted by Gasteiger charge is -2.20. The molecule has 0 saturated carbocycles. The molecule has 10 heteroatoms. The van der Waals surface area contributed by atoms with Gasteiger partial charge in [0.1, 0.15) is 0 Å². The molecule has 2 heterocycles. The van der Waals surface area contributed by atoms with Crippen molar-refractivity contribution in [3.05, 3.63) is 46.2 Å². The summed E-state index contributed by atoms with van der Waals surface area (Å²) in [5.41, 5.74) is 1.66. The fourth-order valence-electron chi connectivity index (χ4n) is 2.67. The Balaban J connectivity index is 1.78. The Morgan fingerprint density at radius 3 is 2.96 bits per heavy atom. The molecule has 1 atom stereocenters. The van der Waals surface area contributed by atoms with Crippen LogP contribution in [0.15, 0.2) is 24.3 Å². The number of tetrazole rings is 1. The summed E-state index contributed by atoms with van der Waals surface area (Å²) in [4.78, 5) is 27.3. The van der Waals surface area contributed by atoms with E-state index in [4.69, 9.17) is 16.3 Å². The number of nitrogens with zero attached hydrogens (tertiary/aromatic N) is 5. The maximum absolute atomic E-state index is 12.5. The van der Waals surface area contributed by atoms with Gasteiger partial charge in [-0.1, -0.05) is 17.7 Å². The summed E-state index contributed by atoms with van der Waals surface area (Å²) in [6.45, 7) is 2.63. The zero-order valence-electron chi connectivity index (χ0n) is 14.8. The van der Waals surface area contributed by atoms with Gasteiger partial charge in [-0.05, 0) is 41.5 Å². The molecule has 1 aliphatic heterocycles. The molecule has 0 N–H and O–H groups in total. The molecule has 1 fully saturated rings. The Labute approximate surface area is 165 Å². The maximum Gasteiger partial charge on any atom is 0.339 e. The van der Waals surface area contributed by atoms with Crippen LogP contribution < -0.4 is 0 Å². The normalized spacial score (nSPS) is 16.9. The summed E-state index contributed by atoms with van der Waals surface area (Å²) in [5, 5.41) is 12.0. The maximum atomic E-state index is 12.5. The molecule has 1 aromatic heterocycles. The van der Waals surface area contributed by atoms with E-state index in [0.717, 1.165) is 11.1 Å². The number of ether oxygens (including phenoxy) is 1.